The summed E-state index contributed by atoms with van der Waals surface area (Å²) in [5.74, 6) is 0.434. The van der Waals surface area contributed by atoms with E-state index in [9.17, 15) is 22.8 Å². The van der Waals surface area contributed by atoms with Gasteiger partial charge in [-0.25, -0.2) is 9.78 Å². The van der Waals surface area contributed by atoms with E-state index in [-0.39, 0.29) is 11.2 Å². The Morgan fingerprint density at radius 1 is 1.07 bits per heavy atom. The fourth-order valence-corrected chi connectivity index (χ4v) is 7.39. The highest BCUT2D eigenvalue weighted by Gasteiger charge is 2.44. The van der Waals surface area contributed by atoms with E-state index in [0.29, 0.717) is 42.0 Å². The maximum Gasteiger partial charge on any atom is 0.430 e. The van der Waals surface area contributed by atoms with Crippen molar-refractivity contribution in [3.63, 3.8) is 0 Å². The number of para-hydroxylation sites is 1. The van der Waals surface area contributed by atoms with Gasteiger partial charge in [-0.3, -0.25) is 13.9 Å². The summed E-state index contributed by atoms with van der Waals surface area (Å²) >= 11 is 0. The van der Waals surface area contributed by atoms with E-state index in [1.54, 1.807) is 4.57 Å². The summed E-state index contributed by atoms with van der Waals surface area (Å²) < 4.78 is 34.6. The number of H-pyrrole nitrogens is 2. The third-order valence-corrected chi connectivity index (χ3v) is 9.42. The molecule has 0 saturated heterocycles. The molecule has 0 aliphatic heterocycles. The highest BCUT2D eigenvalue weighted by atomic mass is 19.4. The topological polar surface area (TPSA) is 145 Å². The molecule has 13 heteroatoms. The first-order valence-electron chi connectivity index (χ1n) is 15.9. The molecule has 6 rings (SSSR count). The normalized spacial score (nSPS) is 21.3. The summed E-state index contributed by atoms with van der Waals surface area (Å²) in [6.45, 7) is 7.38. The number of benzene rings is 1. The zero-order valence-corrected chi connectivity index (χ0v) is 25.7. The van der Waals surface area contributed by atoms with Gasteiger partial charge in [-0.05, 0) is 62.0 Å². The predicted octanol–water partition coefficient (Wildman–Crippen LogP) is 2.81. The molecule has 2 atom stereocenters. The Bertz CT molecular complexity index is 1740. The van der Waals surface area contributed by atoms with Gasteiger partial charge in [0.1, 0.15) is 17.3 Å². The van der Waals surface area contributed by atoms with E-state index in [4.69, 9.17) is 14.9 Å². The first-order chi connectivity index (χ1) is 21.5. The lowest BCUT2D eigenvalue weighted by molar-refractivity contribution is -0.661. The zero-order valence-electron chi connectivity index (χ0n) is 25.7. The van der Waals surface area contributed by atoms with E-state index in [2.05, 4.69) is 52.7 Å². The van der Waals surface area contributed by atoms with E-state index in [1.807, 2.05) is 6.92 Å². The van der Waals surface area contributed by atoms with Crippen LogP contribution in [0, 0.1) is 17.8 Å². The molecule has 3 aromatic heterocycles. The Hall–Kier alpha value is -3.87. The van der Waals surface area contributed by atoms with Gasteiger partial charge in [-0.2, -0.15) is 13.2 Å². The minimum absolute atomic E-state index is 0.223. The van der Waals surface area contributed by atoms with E-state index < -0.39 is 12.1 Å². The summed E-state index contributed by atoms with van der Waals surface area (Å²) in [6.07, 6.45) is 4.48. The number of aryl methyl sites for hydroxylation is 1. The molecule has 10 nitrogen and oxygen atoms in total. The second-order valence-corrected chi connectivity index (χ2v) is 12.3. The lowest BCUT2D eigenvalue weighted by Crippen LogP contribution is -2.86. The minimum atomic E-state index is -5.19. The molecule has 244 valence electrons. The number of nitrogens with two attached hydrogens (primary N) is 1. The van der Waals surface area contributed by atoms with Crippen LogP contribution in [-0.4, -0.2) is 49.3 Å². The van der Waals surface area contributed by atoms with Crippen molar-refractivity contribution in [1.29, 1.82) is 0 Å². The number of nitrogens with zero attached hydrogens (tertiary/aromatic N) is 3. The lowest BCUT2D eigenvalue weighted by atomic mass is 9.73. The quantitative estimate of drug-likeness (QED) is 0.231. The van der Waals surface area contributed by atoms with E-state index >= 15 is 0 Å². The Balaban J connectivity index is 0.000000515. The van der Waals surface area contributed by atoms with Crippen LogP contribution in [0.15, 0.2) is 40.1 Å². The number of fused-ring (bicyclic) bond motifs is 4. The van der Waals surface area contributed by atoms with Gasteiger partial charge in [0.15, 0.2) is 5.65 Å². The smallest absolute Gasteiger partial charge is 0.430 e. The van der Waals surface area contributed by atoms with Gasteiger partial charge in [-0.15, -0.1) is 0 Å². The maximum atomic E-state index is 13.2. The van der Waals surface area contributed by atoms with Gasteiger partial charge in [0.2, 0.25) is 0 Å². The van der Waals surface area contributed by atoms with Gasteiger partial charge in [0, 0.05) is 48.4 Å². The lowest BCUT2D eigenvalue weighted by Gasteiger charge is -2.33. The highest BCUT2D eigenvalue weighted by molar-refractivity contribution is 5.83. The van der Waals surface area contributed by atoms with Crippen molar-refractivity contribution < 1.29 is 28.4 Å². The number of halogens is 3. The van der Waals surface area contributed by atoms with Crippen LogP contribution in [-0.2, 0) is 24.3 Å². The van der Waals surface area contributed by atoms with Gasteiger partial charge in [0.25, 0.3) is 5.56 Å². The maximum absolute atomic E-state index is 13.2. The van der Waals surface area contributed by atoms with Gasteiger partial charge >= 0.3 is 11.9 Å². The standard InChI is InChI=1S/C30H40N6O2.C2HF3O2/c1-3-13-35-28-26(29(37)36(14-4-2)30(35)38)33-27(34-28)22-15-19-9-10-20(16-22)24(19)18-31-12-11-21-17-32-25-8-6-5-7-23(21)25;3-2(4,5)1(6)7/h5-8,17,19-20,22,24,31-32H,3-4,9-16,18H2,1-2H3,(H,33,34);(H,6,7). The number of carboxylic acids is 1. The van der Waals surface area contributed by atoms with Crippen LogP contribution >= 0.6 is 0 Å². The number of carboxylic acid groups (broad SMARTS) is 1. The summed E-state index contributed by atoms with van der Waals surface area (Å²) in [5, 5.41) is 12.7. The average Bonchev–Trinajstić information content (AvgIpc) is 3.69. The molecule has 45 heavy (non-hydrogen) atoms. The van der Waals surface area contributed by atoms with E-state index in [1.165, 1.54) is 40.4 Å². The molecule has 2 fully saturated rings. The monoisotopic (exact) mass is 630 g/mol. The summed E-state index contributed by atoms with van der Waals surface area (Å²) in [7, 11) is 0. The molecule has 2 aliphatic rings. The molecule has 2 saturated carbocycles. The van der Waals surface area contributed by atoms with Crippen molar-refractivity contribution in [2.45, 2.75) is 84.0 Å². The Kier molecular flexibility index (Phi) is 9.85. The zero-order chi connectivity index (χ0) is 32.3. The predicted molar refractivity (Wildman–Crippen MR) is 162 cm³/mol. The molecule has 0 amide bonds. The number of quaternary nitrogens is 1. The fourth-order valence-electron chi connectivity index (χ4n) is 7.39. The van der Waals surface area contributed by atoms with Crippen molar-refractivity contribution in [1.82, 2.24) is 24.1 Å². The molecule has 0 radical (unpaired) electrons. The van der Waals surface area contributed by atoms with Gasteiger partial charge in [-0.1, -0.05) is 32.0 Å². The van der Waals surface area contributed by atoms with Crippen LogP contribution in [0.4, 0.5) is 13.2 Å². The first kappa shape index (κ1) is 32.5. The first-order valence-corrected chi connectivity index (χ1v) is 15.9. The van der Waals surface area contributed by atoms with Gasteiger partial charge < -0.3 is 25.2 Å². The minimum Gasteiger partial charge on any atom is -0.542 e. The third kappa shape index (κ3) is 6.87. The molecule has 4 aromatic rings. The number of hydrogen-bond donors (Lipinski definition) is 3. The van der Waals surface area contributed by atoms with E-state index in [0.717, 1.165) is 50.4 Å². The summed E-state index contributed by atoms with van der Waals surface area (Å²) in [5.41, 5.74) is 3.23. The van der Waals surface area contributed by atoms with Gasteiger partial charge in [0.05, 0.1) is 13.1 Å². The number of aromatic nitrogens is 5. The second-order valence-electron chi connectivity index (χ2n) is 12.3. The summed E-state index contributed by atoms with van der Waals surface area (Å²) in [6, 6.07) is 8.55. The number of hydrogen-bond acceptors (Lipinski definition) is 5. The van der Waals surface area contributed by atoms with Crippen LogP contribution in [0.2, 0.25) is 0 Å². The summed E-state index contributed by atoms with van der Waals surface area (Å²) in [4.78, 5) is 46.7. The molecule has 0 spiro atoms. The van der Waals surface area contributed by atoms with Crippen LogP contribution in [0.25, 0.3) is 22.1 Å². The molecule has 1 aromatic carbocycles. The van der Waals surface area contributed by atoms with Crippen molar-refractivity contribution in [3.8, 4) is 0 Å². The van der Waals surface area contributed by atoms with Crippen LogP contribution in [0.1, 0.15) is 69.7 Å². The molecule has 3 heterocycles. The average molecular weight is 631 g/mol. The third-order valence-electron chi connectivity index (χ3n) is 9.42. The number of nitrogens with one attached hydrogen (secondary N) is 2. The number of imidazole rings is 1. The molecular weight excluding hydrogens is 589 g/mol. The van der Waals surface area contributed by atoms with Crippen molar-refractivity contribution >= 4 is 28.0 Å². The SMILES string of the molecule is CCCn1c(=O)c2[nH]c(C3CC4CCC(C3)C4C[NH2+]CCc3c[nH]c4ccccc34)nc2n(CCC)c1=O.O=C([O-])C(F)(F)F. The number of alkyl halides is 3. The molecular formula is C32H41F3N6O4. The number of carbonyl (C=O) groups excluding carboxylic acids is 1. The van der Waals surface area contributed by atoms with Crippen LogP contribution in [0.5, 0.6) is 0 Å². The molecule has 4 N–H and O–H groups in total. The Morgan fingerprint density at radius 2 is 1.71 bits per heavy atom. The Labute approximate surface area is 258 Å². The largest absolute Gasteiger partial charge is 0.542 e. The highest BCUT2D eigenvalue weighted by Crippen LogP contribution is 2.51. The van der Waals surface area contributed by atoms with Crippen LogP contribution in [0.3, 0.4) is 0 Å². The van der Waals surface area contributed by atoms with Crippen molar-refractivity contribution in [2.75, 3.05) is 13.1 Å². The molecule has 2 aliphatic carbocycles. The number of aromatic amines is 2. The Morgan fingerprint density at radius 3 is 2.36 bits per heavy atom. The molecule has 2 bridgehead atoms. The van der Waals surface area contributed by atoms with Crippen LogP contribution < -0.4 is 21.7 Å². The number of carbonyl (C=O) groups is 1. The number of rotatable bonds is 10. The second kappa shape index (κ2) is 13.6. The number of aliphatic carboxylic acids is 1. The fraction of sp³-hybridized carbons (Fsp3) is 0.562. The molecule has 2 unspecified atom stereocenters. The van der Waals surface area contributed by atoms with Crippen molar-refractivity contribution in [2.24, 2.45) is 17.8 Å². The van der Waals surface area contributed by atoms with Crippen molar-refractivity contribution in [3.05, 3.63) is 62.7 Å².